The molecule has 0 aliphatic carbocycles. The van der Waals surface area contributed by atoms with Crippen molar-refractivity contribution in [1.29, 1.82) is 0 Å². The molecule has 21 heteroatoms. The first-order chi connectivity index (χ1) is 29.2. The second-order valence-electron chi connectivity index (χ2n) is 14.4. The molecule has 2 unspecified atom stereocenters. The van der Waals surface area contributed by atoms with Gasteiger partial charge in [0.15, 0.2) is 0 Å². The van der Waals surface area contributed by atoms with Crippen LogP contribution >= 0.6 is 0 Å². The predicted octanol–water partition coefficient (Wildman–Crippen LogP) is 5.19. The first-order valence-electron chi connectivity index (χ1n) is 18.9. The van der Waals surface area contributed by atoms with Crippen LogP contribution in [0.4, 0.5) is 29.2 Å². The van der Waals surface area contributed by atoms with Crippen molar-refractivity contribution in [2.45, 2.75) is 75.4 Å². The highest BCUT2D eigenvalue weighted by Crippen LogP contribution is 2.49. The molecule has 2 saturated heterocycles. The summed E-state index contributed by atoms with van der Waals surface area (Å²) in [4.78, 5) is 56.6. The minimum absolute atomic E-state index is 0.0670. The van der Waals surface area contributed by atoms with E-state index in [1.165, 1.54) is 38.1 Å². The first kappa shape index (κ1) is 47.2. The van der Waals surface area contributed by atoms with E-state index >= 15 is 8.78 Å². The largest absolute Gasteiger partial charge is 0.390 e. The van der Waals surface area contributed by atoms with E-state index in [0.29, 0.717) is 20.3 Å². The molecule has 0 bridgehead atoms. The van der Waals surface area contributed by atoms with Crippen molar-refractivity contribution in [1.82, 2.24) is 19.1 Å². The summed E-state index contributed by atoms with van der Waals surface area (Å²) in [5.74, 6) is -11.0. The summed E-state index contributed by atoms with van der Waals surface area (Å²) >= 11 is 0. The maximum atomic E-state index is 15.1. The Hall–Kier alpha value is -5.87. The van der Waals surface area contributed by atoms with E-state index in [4.69, 9.17) is 13.7 Å². The zero-order valence-electron chi connectivity index (χ0n) is 33.5. The van der Waals surface area contributed by atoms with Gasteiger partial charge >= 0.3 is 11.4 Å². The van der Waals surface area contributed by atoms with Crippen LogP contribution in [0.2, 0.25) is 0 Å². The number of halogens is 4. The number of nitrogens with zero attached hydrogens (tertiary/aromatic N) is 4. The van der Waals surface area contributed by atoms with Crippen LogP contribution in [0.25, 0.3) is 0 Å². The Balaban J connectivity index is 0.000000236. The Morgan fingerprint density at radius 3 is 1.56 bits per heavy atom. The number of hydrogen-bond donors (Lipinski definition) is 3. The monoisotopic (exact) mass is 888 g/mol. The maximum Gasteiger partial charge on any atom is 0.351 e. The minimum Gasteiger partial charge on any atom is -0.390 e. The van der Waals surface area contributed by atoms with Gasteiger partial charge in [-0.2, -0.15) is 18.4 Å². The third-order valence-corrected chi connectivity index (χ3v) is 10.6. The third kappa shape index (κ3) is 10.8. The number of carbonyl (C=O) groups is 2. The van der Waals surface area contributed by atoms with Crippen LogP contribution in [0.1, 0.15) is 59.9 Å². The number of benzene rings is 2. The molecule has 2 aromatic carbocycles. The van der Waals surface area contributed by atoms with Gasteiger partial charge in [0, 0.05) is 23.5 Å². The average molecular weight is 889 g/mol. The maximum absolute atomic E-state index is 15.1. The molecule has 3 N–H and O–H groups in total. The lowest BCUT2D eigenvalue weighted by atomic mass is 9.94. The molecule has 6 rings (SSSR count). The summed E-state index contributed by atoms with van der Waals surface area (Å²) in [6, 6.07) is 18.9. The summed E-state index contributed by atoms with van der Waals surface area (Å²) in [5.41, 5.74) is -1.41. The summed E-state index contributed by atoms with van der Waals surface area (Å²) in [6.07, 6.45) is -3.24. The molecular weight excluding hydrogens is 845 g/mol. The molecule has 2 aromatic heterocycles. The number of nitrogens with one attached hydrogen (secondary N) is 2. The van der Waals surface area contributed by atoms with Crippen LogP contribution in [0.3, 0.4) is 0 Å². The van der Waals surface area contributed by atoms with Crippen LogP contribution in [-0.2, 0) is 23.8 Å². The van der Waals surface area contributed by atoms with Crippen molar-refractivity contribution in [2.24, 2.45) is 11.8 Å². The lowest BCUT2D eigenvalue weighted by Gasteiger charge is -2.24. The van der Waals surface area contributed by atoms with Crippen LogP contribution < -0.4 is 22.0 Å². The van der Waals surface area contributed by atoms with Crippen molar-refractivity contribution < 1.29 is 54.3 Å². The van der Waals surface area contributed by atoms with Gasteiger partial charge in [-0.15, -0.1) is 13.2 Å². The van der Waals surface area contributed by atoms with E-state index in [2.05, 4.69) is 33.8 Å². The quantitative estimate of drug-likeness (QED) is 0.0850. The lowest BCUT2D eigenvalue weighted by molar-refractivity contribution is -0.131. The molecule has 16 nitrogen and oxygen atoms in total. The summed E-state index contributed by atoms with van der Waals surface area (Å²) < 4.78 is 99.8. The zero-order valence-corrected chi connectivity index (χ0v) is 34.3. The van der Waals surface area contributed by atoms with Crippen molar-refractivity contribution >= 4 is 33.6 Å². The van der Waals surface area contributed by atoms with Gasteiger partial charge in [-0.1, -0.05) is 62.4 Å². The van der Waals surface area contributed by atoms with Crippen molar-refractivity contribution in [3.05, 3.63) is 143 Å². The highest BCUT2D eigenvalue weighted by atomic mass is 32.2. The van der Waals surface area contributed by atoms with Gasteiger partial charge in [-0.25, -0.2) is 27.2 Å². The molecule has 332 valence electrons. The first-order valence-corrected chi connectivity index (χ1v) is 20.8. The molecule has 62 heavy (non-hydrogen) atoms. The molecule has 8 atom stereocenters. The molecule has 2 amide bonds. The molecular formula is C41H44F4N6O10S. The van der Waals surface area contributed by atoms with Crippen molar-refractivity contribution in [3.8, 4) is 0 Å². The van der Waals surface area contributed by atoms with Gasteiger partial charge in [-0.05, 0) is 49.2 Å². The fraction of sp³-hybridized carbons (Fsp3) is 0.366. The van der Waals surface area contributed by atoms with E-state index < -0.39 is 93.9 Å². The van der Waals surface area contributed by atoms with E-state index in [0.717, 1.165) is 18.6 Å². The molecule has 2 fully saturated rings. The van der Waals surface area contributed by atoms with Gasteiger partial charge in [0.2, 0.25) is 12.5 Å². The van der Waals surface area contributed by atoms with E-state index in [1.54, 1.807) is 60.7 Å². The highest BCUT2D eigenvalue weighted by molar-refractivity contribution is 7.86. The predicted molar refractivity (Wildman–Crippen MR) is 217 cm³/mol. The van der Waals surface area contributed by atoms with E-state index in [9.17, 15) is 41.5 Å². The standard InChI is InChI=1S/C21H23F2N3O6S.C20H21F2N3O4/c1-4-8-15(32-33(3,29)30)17-13(2)21(22,23)19(31-17)26-12-11-16(25-20(26)28)24-18(27)14-9-6-5-7-10-14;1-3-7-14(26)16-12(2)20(21,22)18(29-16)25-11-10-15(24-19(25)28)23-17(27)13-8-5-4-6-9-13/h4-7,9-13,15,17,19H,1,8H2,2-3H3,(H,24,25,27,28);3-6,8-12,14,16,18,26H,1,7H2,2H3,(H,23,24,27,28)/t13-,15?,17+,19-;12-,14?,16+,18-/m11/s1. The van der Waals surface area contributed by atoms with Crippen LogP contribution in [-0.4, -0.2) is 87.0 Å². The minimum atomic E-state index is -3.97. The number of carbonyl (C=O) groups excluding carboxylic acids is 2. The smallest absolute Gasteiger partial charge is 0.351 e. The number of alkyl halides is 4. The van der Waals surface area contributed by atoms with Crippen LogP contribution in [0.15, 0.2) is 120 Å². The Morgan fingerprint density at radius 2 is 1.18 bits per heavy atom. The number of hydrogen-bond acceptors (Lipinski definition) is 12. The number of rotatable bonds is 14. The molecule has 2 aliphatic rings. The van der Waals surface area contributed by atoms with Crippen LogP contribution in [0.5, 0.6) is 0 Å². The number of ether oxygens (including phenoxy) is 2. The SMILES string of the molecule is C=CCC(O)[C@H]1O[C@@H](n2ccc(NC(=O)c3ccccc3)nc2=O)C(F)(F)[C@@H]1C.C=CCC(OS(C)(=O)=O)[C@H]1O[C@@H](n2ccc(NC(=O)c3ccccc3)nc2=O)C(F)(F)[C@@H]1C. The molecule has 0 radical (unpaired) electrons. The van der Waals surface area contributed by atoms with Crippen molar-refractivity contribution in [3.63, 3.8) is 0 Å². The third-order valence-electron chi connectivity index (χ3n) is 10.0. The molecule has 4 aromatic rings. The number of aliphatic hydroxyl groups excluding tert-OH is 1. The van der Waals surface area contributed by atoms with Gasteiger partial charge < -0.3 is 25.2 Å². The number of aliphatic hydroxyl groups is 1. The number of amides is 2. The van der Waals surface area contributed by atoms with E-state index in [-0.39, 0.29) is 24.5 Å². The fourth-order valence-corrected chi connectivity index (χ4v) is 7.37. The van der Waals surface area contributed by atoms with Crippen LogP contribution in [0, 0.1) is 11.8 Å². The molecule has 2 aliphatic heterocycles. The Labute approximate surface area is 353 Å². The highest BCUT2D eigenvalue weighted by Gasteiger charge is 2.60. The average Bonchev–Trinajstić information content (AvgIpc) is 3.60. The molecule has 0 saturated carbocycles. The number of anilines is 2. The molecule has 4 heterocycles. The summed E-state index contributed by atoms with van der Waals surface area (Å²) in [7, 11) is -3.97. The summed E-state index contributed by atoms with van der Waals surface area (Å²) in [6.45, 7) is 9.40. The summed E-state index contributed by atoms with van der Waals surface area (Å²) in [5, 5.41) is 14.9. The number of aromatic nitrogens is 4. The Bertz CT molecular complexity index is 2480. The Kier molecular flexibility index (Phi) is 14.8. The zero-order chi connectivity index (χ0) is 45.6. The second-order valence-corrected chi connectivity index (χ2v) is 16.0. The fourth-order valence-electron chi connectivity index (χ4n) is 6.74. The lowest BCUT2D eigenvalue weighted by Crippen LogP contribution is -2.39. The van der Waals surface area contributed by atoms with Gasteiger partial charge in [0.1, 0.15) is 17.7 Å². The van der Waals surface area contributed by atoms with Gasteiger partial charge in [-0.3, -0.25) is 22.9 Å². The van der Waals surface area contributed by atoms with Gasteiger partial charge in [0.25, 0.3) is 33.8 Å². The topological polar surface area (TPSA) is 210 Å². The van der Waals surface area contributed by atoms with Crippen molar-refractivity contribution in [2.75, 3.05) is 16.9 Å². The van der Waals surface area contributed by atoms with E-state index in [1.807, 2.05) is 0 Å². The Morgan fingerprint density at radius 1 is 0.774 bits per heavy atom. The van der Waals surface area contributed by atoms with Gasteiger partial charge in [0.05, 0.1) is 36.4 Å². The molecule has 0 spiro atoms. The normalized spacial score (nSPS) is 23.5. The second kappa shape index (κ2) is 19.5.